The molecule has 0 aromatic heterocycles. The Morgan fingerprint density at radius 2 is 2.00 bits per heavy atom. The Balaban J connectivity index is 1.92. The molecule has 1 aromatic rings. The Morgan fingerprint density at radius 3 is 2.71 bits per heavy atom. The molecule has 1 fully saturated rings. The lowest BCUT2D eigenvalue weighted by molar-refractivity contribution is -0.134. The number of nitrogens with zero attached hydrogens (tertiary/aromatic N) is 1. The molecule has 1 saturated heterocycles. The Bertz CT molecular complexity index is 386. The number of hydrogen-bond acceptors (Lipinski definition) is 2. The van der Waals surface area contributed by atoms with E-state index in [4.69, 9.17) is 0 Å². The van der Waals surface area contributed by atoms with Crippen LogP contribution in [0, 0.1) is 0 Å². The van der Waals surface area contributed by atoms with Crippen LogP contribution in [-0.2, 0) is 11.2 Å². The summed E-state index contributed by atoms with van der Waals surface area (Å²) in [5, 5.41) is 3.25. The van der Waals surface area contributed by atoms with Gasteiger partial charge in [0.1, 0.15) is 0 Å². The maximum atomic E-state index is 11.8. The van der Waals surface area contributed by atoms with Crippen molar-refractivity contribution in [2.45, 2.75) is 25.8 Å². The van der Waals surface area contributed by atoms with E-state index in [-0.39, 0.29) is 11.4 Å². The lowest BCUT2D eigenvalue weighted by Crippen LogP contribution is -2.59. The molecule has 2 rings (SSSR count). The number of hydrogen-bond donors (Lipinski definition) is 1. The number of nitrogens with one attached hydrogen (secondary N) is 1. The Labute approximate surface area is 103 Å². The van der Waals surface area contributed by atoms with E-state index in [2.05, 4.69) is 31.3 Å². The first-order valence-electron chi connectivity index (χ1n) is 6.14. The summed E-state index contributed by atoms with van der Waals surface area (Å²) in [6.45, 7) is 6.33. The van der Waals surface area contributed by atoms with Gasteiger partial charge in [-0.3, -0.25) is 4.79 Å². The van der Waals surface area contributed by atoms with Gasteiger partial charge in [0.2, 0.25) is 5.91 Å². The fourth-order valence-corrected chi connectivity index (χ4v) is 2.16. The summed E-state index contributed by atoms with van der Waals surface area (Å²) >= 11 is 0. The summed E-state index contributed by atoms with van der Waals surface area (Å²) < 4.78 is 0. The zero-order valence-electron chi connectivity index (χ0n) is 10.6. The van der Waals surface area contributed by atoms with Crippen molar-refractivity contribution in [1.82, 2.24) is 10.2 Å². The molecule has 17 heavy (non-hydrogen) atoms. The first-order chi connectivity index (χ1) is 8.07. The smallest absolute Gasteiger partial charge is 0.236 e. The minimum Gasteiger partial charge on any atom is -0.339 e. The van der Waals surface area contributed by atoms with E-state index in [0.717, 1.165) is 19.5 Å². The average molecular weight is 232 g/mol. The van der Waals surface area contributed by atoms with Crippen molar-refractivity contribution in [3.63, 3.8) is 0 Å². The van der Waals surface area contributed by atoms with Crippen LogP contribution in [0.3, 0.4) is 0 Å². The van der Waals surface area contributed by atoms with Gasteiger partial charge in [0.05, 0.1) is 6.54 Å². The number of carbonyl (C=O) groups is 1. The second-order valence-electron chi connectivity index (χ2n) is 5.29. The number of carbonyl (C=O) groups excluding carboxylic acids is 1. The third kappa shape index (κ3) is 3.30. The molecule has 0 saturated carbocycles. The summed E-state index contributed by atoms with van der Waals surface area (Å²) in [5.74, 6) is 0.209. The topological polar surface area (TPSA) is 32.3 Å². The van der Waals surface area contributed by atoms with Crippen LogP contribution < -0.4 is 5.32 Å². The second-order valence-corrected chi connectivity index (χ2v) is 5.29. The molecular weight excluding hydrogens is 212 g/mol. The summed E-state index contributed by atoms with van der Waals surface area (Å²) in [6.07, 6.45) is 0.933. The molecule has 3 nitrogen and oxygen atoms in total. The van der Waals surface area contributed by atoms with Crippen LogP contribution >= 0.6 is 0 Å². The predicted octanol–water partition coefficient (Wildman–Crippen LogP) is 1.44. The van der Waals surface area contributed by atoms with E-state index in [1.54, 1.807) is 0 Å². The van der Waals surface area contributed by atoms with Crippen molar-refractivity contribution >= 4 is 5.91 Å². The number of rotatable bonds is 3. The lowest BCUT2D eigenvalue weighted by Gasteiger charge is -2.38. The van der Waals surface area contributed by atoms with Gasteiger partial charge in [-0.1, -0.05) is 30.3 Å². The highest BCUT2D eigenvalue weighted by molar-refractivity contribution is 5.79. The molecule has 1 N–H and O–H groups in total. The Hall–Kier alpha value is -1.35. The quantitative estimate of drug-likeness (QED) is 0.855. The van der Waals surface area contributed by atoms with Crippen LogP contribution in [0.5, 0.6) is 0 Å². The zero-order valence-corrected chi connectivity index (χ0v) is 10.6. The first kappa shape index (κ1) is 12.1. The second kappa shape index (κ2) is 4.88. The van der Waals surface area contributed by atoms with Crippen molar-refractivity contribution in [1.29, 1.82) is 0 Å². The molecule has 1 amide bonds. The highest BCUT2D eigenvalue weighted by atomic mass is 16.2. The monoisotopic (exact) mass is 232 g/mol. The van der Waals surface area contributed by atoms with Gasteiger partial charge in [-0.05, 0) is 25.8 Å². The van der Waals surface area contributed by atoms with Gasteiger partial charge in [-0.15, -0.1) is 0 Å². The molecule has 1 aliphatic heterocycles. The predicted molar refractivity (Wildman–Crippen MR) is 68.8 cm³/mol. The third-order valence-electron chi connectivity index (χ3n) is 3.17. The standard InChI is InChI=1S/C14H20N2O/c1-14(2)11-16(13(17)10-15-14)9-8-12-6-4-3-5-7-12/h3-7,15H,8-11H2,1-2H3. The number of benzene rings is 1. The van der Waals surface area contributed by atoms with Gasteiger partial charge >= 0.3 is 0 Å². The van der Waals surface area contributed by atoms with Gasteiger partial charge in [0.25, 0.3) is 0 Å². The fourth-order valence-electron chi connectivity index (χ4n) is 2.16. The van der Waals surface area contributed by atoms with Crippen molar-refractivity contribution in [2.24, 2.45) is 0 Å². The molecule has 92 valence electrons. The van der Waals surface area contributed by atoms with Gasteiger partial charge in [-0.2, -0.15) is 0 Å². The zero-order chi connectivity index (χ0) is 12.3. The van der Waals surface area contributed by atoms with E-state index in [1.807, 2.05) is 23.1 Å². The normalized spacial score (nSPS) is 19.4. The maximum Gasteiger partial charge on any atom is 0.236 e. The average Bonchev–Trinajstić information content (AvgIpc) is 2.32. The molecular formula is C14H20N2O. The summed E-state index contributed by atoms with van der Waals surface area (Å²) in [7, 11) is 0. The van der Waals surface area contributed by atoms with Crippen molar-refractivity contribution < 1.29 is 4.79 Å². The summed E-state index contributed by atoms with van der Waals surface area (Å²) in [4.78, 5) is 13.7. The third-order valence-corrected chi connectivity index (χ3v) is 3.17. The minimum absolute atomic E-state index is 0.0323. The molecule has 1 aromatic carbocycles. The summed E-state index contributed by atoms with van der Waals surface area (Å²) in [5.41, 5.74) is 1.32. The molecule has 0 radical (unpaired) electrons. The molecule has 3 heteroatoms. The Morgan fingerprint density at radius 1 is 1.29 bits per heavy atom. The van der Waals surface area contributed by atoms with Crippen molar-refractivity contribution in [3.05, 3.63) is 35.9 Å². The van der Waals surface area contributed by atoms with E-state index in [9.17, 15) is 4.79 Å². The van der Waals surface area contributed by atoms with Gasteiger partial charge in [-0.25, -0.2) is 0 Å². The molecule has 1 heterocycles. The number of amides is 1. The highest BCUT2D eigenvalue weighted by Crippen LogP contribution is 2.12. The molecule has 0 aliphatic carbocycles. The lowest BCUT2D eigenvalue weighted by atomic mass is 10.0. The fraction of sp³-hybridized carbons (Fsp3) is 0.500. The van der Waals surface area contributed by atoms with Crippen LogP contribution in [0.4, 0.5) is 0 Å². The SMILES string of the molecule is CC1(C)CN(CCc2ccccc2)C(=O)CN1. The Kier molecular flexibility index (Phi) is 3.48. The minimum atomic E-state index is 0.0323. The molecule has 0 atom stereocenters. The van der Waals surface area contributed by atoms with Crippen LogP contribution in [0.15, 0.2) is 30.3 Å². The molecule has 1 aliphatic rings. The summed E-state index contributed by atoms with van der Waals surface area (Å²) in [6, 6.07) is 10.3. The highest BCUT2D eigenvalue weighted by Gasteiger charge is 2.29. The van der Waals surface area contributed by atoms with E-state index < -0.39 is 0 Å². The van der Waals surface area contributed by atoms with Gasteiger partial charge in [0.15, 0.2) is 0 Å². The van der Waals surface area contributed by atoms with Crippen LogP contribution in [0.25, 0.3) is 0 Å². The number of piperazine rings is 1. The van der Waals surface area contributed by atoms with E-state index in [0.29, 0.717) is 6.54 Å². The van der Waals surface area contributed by atoms with Crippen molar-refractivity contribution in [3.8, 4) is 0 Å². The van der Waals surface area contributed by atoms with Crippen molar-refractivity contribution in [2.75, 3.05) is 19.6 Å². The van der Waals surface area contributed by atoms with E-state index in [1.165, 1.54) is 5.56 Å². The first-order valence-corrected chi connectivity index (χ1v) is 6.14. The van der Waals surface area contributed by atoms with Crippen LogP contribution in [0.2, 0.25) is 0 Å². The van der Waals surface area contributed by atoms with Crippen LogP contribution in [0.1, 0.15) is 19.4 Å². The molecule has 0 spiro atoms. The molecule has 0 unspecified atom stereocenters. The maximum absolute atomic E-state index is 11.8. The van der Waals surface area contributed by atoms with Crippen LogP contribution in [-0.4, -0.2) is 36.0 Å². The largest absolute Gasteiger partial charge is 0.339 e. The van der Waals surface area contributed by atoms with E-state index >= 15 is 0 Å². The molecule has 0 bridgehead atoms. The van der Waals surface area contributed by atoms with Gasteiger partial charge in [0, 0.05) is 18.6 Å². The van der Waals surface area contributed by atoms with Gasteiger partial charge < -0.3 is 10.2 Å².